The van der Waals surface area contributed by atoms with Crippen LogP contribution in [-0.4, -0.2) is 25.0 Å². The molecule has 0 N–H and O–H groups in total. The molecule has 0 saturated heterocycles. The quantitative estimate of drug-likeness (QED) is 0.485. The molecule has 2 aromatic heterocycles. The van der Waals surface area contributed by atoms with Crippen molar-refractivity contribution >= 4 is 33.6 Å². The lowest BCUT2D eigenvalue weighted by molar-refractivity contribution is 0.781. The molecule has 0 unspecified atom stereocenters. The minimum atomic E-state index is 0.656. The van der Waals surface area contributed by atoms with E-state index in [-0.39, 0.29) is 0 Å². The second-order valence-corrected chi connectivity index (χ2v) is 6.02. The summed E-state index contributed by atoms with van der Waals surface area (Å²) in [5.74, 6) is 0.656. The Morgan fingerprint density at radius 1 is 0.909 bits per heavy atom. The van der Waals surface area contributed by atoms with E-state index in [1.165, 1.54) is 3.57 Å². The predicted molar refractivity (Wildman–Crippen MR) is 92.6 cm³/mol. The van der Waals surface area contributed by atoms with Gasteiger partial charge in [0.15, 0.2) is 5.82 Å². The van der Waals surface area contributed by atoms with Crippen LogP contribution in [0.2, 0.25) is 0 Å². The fraction of sp³-hybridized carbons (Fsp3) is 0. The maximum Gasteiger partial charge on any atom is 0.174 e. The molecule has 106 valence electrons. The van der Waals surface area contributed by atoms with E-state index < -0.39 is 0 Å². The molecule has 0 bridgehead atoms. The van der Waals surface area contributed by atoms with Gasteiger partial charge in [0.2, 0.25) is 0 Å². The molecule has 0 amide bonds. The minimum Gasteiger partial charge on any atom is -0.251 e. The number of nitrogens with zero attached hydrogens (tertiary/aromatic N) is 5. The van der Waals surface area contributed by atoms with Crippen molar-refractivity contribution < 1.29 is 0 Å². The highest BCUT2D eigenvalue weighted by atomic mass is 127. The number of rotatable bonds is 2. The second-order valence-electron chi connectivity index (χ2n) is 4.77. The van der Waals surface area contributed by atoms with Crippen LogP contribution in [-0.2, 0) is 0 Å². The Morgan fingerprint density at radius 2 is 1.68 bits per heavy atom. The third kappa shape index (κ3) is 2.45. The molecule has 0 aliphatic rings. The van der Waals surface area contributed by atoms with Gasteiger partial charge in [0.25, 0.3) is 0 Å². The van der Waals surface area contributed by atoms with Crippen LogP contribution in [0.15, 0.2) is 60.9 Å². The zero-order valence-corrected chi connectivity index (χ0v) is 13.5. The van der Waals surface area contributed by atoms with Crippen molar-refractivity contribution in [1.82, 2.24) is 25.0 Å². The molecule has 0 spiro atoms. The van der Waals surface area contributed by atoms with Crippen LogP contribution in [0.3, 0.4) is 0 Å². The van der Waals surface area contributed by atoms with Gasteiger partial charge in [-0.15, -0.1) is 5.10 Å². The lowest BCUT2D eigenvalue weighted by Gasteiger charge is -2.00. The molecule has 22 heavy (non-hydrogen) atoms. The standard InChI is InChI=1S/C16H10IN5/c17-12-7-5-11(6-8-12)15-10-22(21-20-15)16-9-18-13-3-1-2-4-14(13)19-16/h1-10H. The van der Waals surface area contributed by atoms with Gasteiger partial charge in [-0.3, -0.25) is 4.98 Å². The monoisotopic (exact) mass is 399 g/mol. The summed E-state index contributed by atoms with van der Waals surface area (Å²) in [6.45, 7) is 0. The Labute approximate surface area is 140 Å². The van der Waals surface area contributed by atoms with Gasteiger partial charge in [0, 0.05) is 9.13 Å². The topological polar surface area (TPSA) is 56.5 Å². The molecule has 0 aliphatic carbocycles. The summed E-state index contributed by atoms with van der Waals surface area (Å²) in [6, 6.07) is 15.9. The summed E-state index contributed by atoms with van der Waals surface area (Å²) in [5, 5.41) is 8.37. The van der Waals surface area contributed by atoms with Crippen molar-refractivity contribution in [2.75, 3.05) is 0 Å². The van der Waals surface area contributed by atoms with Crippen LogP contribution in [0.25, 0.3) is 28.1 Å². The van der Waals surface area contributed by atoms with Crippen LogP contribution in [0.5, 0.6) is 0 Å². The summed E-state index contributed by atoms with van der Waals surface area (Å²) >= 11 is 2.28. The predicted octanol–water partition coefficient (Wildman–Crippen LogP) is 3.48. The van der Waals surface area contributed by atoms with Gasteiger partial charge in [0.05, 0.1) is 23.4 Å². The largest absolute Gasteiger partial charge is 0.251 e. The van der Waals surface area contributed by atoms with Gasteiger partial charge in [-0.05, 0) is 46.9 Å². The highest BCUT2D eigenvalue weighted by Crippen LogP contribution is 2.19. The average molecular weight is 399 g/mol. The van der Waals surface area contributed by atoms with Crippen LogP contribution < -0.4 is 0 Å². The van der Waals surface area contributed by atoms with E-state index in [0.717, 1.165) is 22.3 Å². The molecular weight excluding hydrogens is 389 g/mol. The SMILES string of the molecule is Ic1ccc(-c2cn(-c3cnc4ccccc4n3)nn2)cc1. The molecule has 0 atom stereocenters. The molecule has 0 fully saturated rings. The first-order valence-corrected chi connectivity index (χ1v) is 7.78. The van der Waals surface area contributed by atoms with E-state index in [9.17, 15) is 0 Å². The fourth-order valence-corrected chi connectivity index (χ4v) is 2.55. The Morgan fingerprint density at radius 3 is 2.50 bits per heavy atom. The first-order chi connectivity index (χ1) is 10.8. The van der Waals surface area contributed by atoms with Gasteiger partial charge in [-0.25, -0.2) is 9.67 Å². The smallest absolute Gasteiger partial charge is 0.174 e. The zero-order valence-electron chi connectivity index (χ0n) is 11.4. The number of aromatic nitrogens is 5. The summed E-state index contributed by atoms with van der Waals surface area (Å²) in [6.07, 6.45) is 3.57. The fourth-order valence-electron chi connectivity index (χ4n) is 2.19. The maximum absolute atomic E-state index is 4.56. The maximum atomic E-state index is 4.56. The first kappa shape index (κ1) is 13.3. The van der Waals surface area contributed by atoms with E-state index in [2.05, 4.69) is 42.9 Å². The third-order valence-electron chi connectivity index (χ3n) is 3.30. The highest BCUT2D eigenvalue weighted by Gasteiger charge is 2.07. The molecule has 5 nitrogen and oxygen atoms in total. The number of para-hydroxylation sites is 2. The number of hydrogen-bond acceptors (Lipinski definition) is 4. The molecule has 4 aromatic rings. The number of hydrogen-bond donors (Lipinski definition) is 0. The van der Waals surface area contributed by atoms with E-state index in [0.29, 0.717) is 5.82 Å². The summed E-state index contributed by atoms with van der Waals surface area (Å²) in [5.41, 5.74) is 3.54. The average Bonchev–Trinajstić information content (AvgIpc) is 3.05. The first-order valence-electron chi connectivity index (χ1n) is 6.70. The molecule has 0 radical (unpaired) electrons. The molecular formula is C16H10IN5. The van der Waals surface area contributed by atoms with Crippen molar-refractivity contribution in [3.05, 3.63) is 64.5 Å². The van der Waals surface area contributed by atoms with Gasteiger partial charge in [0.1, 0.15) is 5.69 Å². The van der Waals surface area contributed by atoms with Crippen molar-refractivity contribution in [3.8, 4) is 17.1 Å². The van der Waals surface area contributed by atoms with Crippen molar-refractivity contribution in [3.63, 3.8) is 0 Å². The van der Waals surface area contributed by atoms with Gasteiger partial charge >= 0.3 is 0 Å². The van der Waals surface area contributed by atoms with Gasteiger partial charge in [-0.2, -0.15) is 0 Å². The van der Waals surface area contributed by atoms with Crippen molar-refractivity contribution in [2.24, 2.45) is 0 Å². The van der Waals surface area contributed by atoms with Crippen LogP contribution in [0.1, 0.15) is 0 Å². The Bertz CT molecular complexity index is 946. The molecule has 2 aromatic carbocycles. The Kier molecular flexibility index (Phi) is 3.30. The van der Waals surface area contributed by atoms with Crippen LogP contribution in [0.4, 0.5) is 0 Å². The number of fused-ring (bicyclic) bond motifs is 1. The van der Waals surface area contributed by atoms with E-state index in [1.807, 2.05) is 54.7 Å². The van der Waals surface area contributed by atoms with Crippen LogP contribution >= 0.6 is 22.6 Å². The summed E-state index contributed by atoms with van der Waals surface area (Å²) in [4.78, 5) is 8.96. The Hall–Kier alpha value is -2.35. The van der Waals surface area contributed by atoms with E-state index >= 15 is 0 Å². The second kappa shape index (κ2) is 5.45. The molecule has 0 aliphatic heterocycles. The number of halogens is 1. The molecule has 4 rings (SSSR count). The van der Waals surface area contributed by atoms with E-state index in [1.54, 1.807) is 10.9 Å². The lowest BCUT2D eigenvalue weighted by Crippen LogP contribution is -1.99. The van der Waals surface area contributed by atoms with Crippen LogP contribution in [0, 0.1) is 3.57 Å². The zero-order chi connectivity index (χ0) is 14.9. The third-order valence-corrected chi connectivity index (χ3v) is 4.02. The molecule has 6 heteroatoms. The summed E-state index contributed by atoms with van der Waals surface area (Å²) in [7, 11) is 0. The van der Waals surface area contributed by atoms with Crippen molar-refractivity contribution in [1.29, 1.82) is 0 Å². The van der Waals surface area contributed by atoms with E-state index in [4.69, 9.17) is 0 Å². The minimum absolute atomic E-state index is 0.656. The normalized spacial score (nSPS) is 11.0. The molecule has 2 heterocycles. The highest BCUT2D eigenvalue weighted by molar-refractivity contribution is 14.1. The Balaban J connectivity index is 1.74. The summed E-state index contributed by atoms with van der Waals surface area (Å²) < 4.78 is 2.83. The lowest BCUT2D eigenvalue weighted by atomic mass is 10.2. The molecule has 0 saturated carbocycles. The van der Waals surface area contributed by atoms with Gasteiger partial charge < -0.3 is 0 Å². The van der Waals surface area contributed by atoms with Gasteiger partial charge in [-0.1, -0.05) is 29.5 Å². The van der Waals surface area contributed by atoms with Crippen molar-refractivity contribution in [2.45, 2.75) is 0 Å². The number of benzene rings is 2.